The van der Waals surface area contributed by atoms with E-state index >= 15 is 0 Å². The largest absolute Gasteiger partial charge is 0.379 e. The van der Waals surface area contributed by atoms with E-state index in [-0.39, 0.29) is 17.6 Å². The molecule has 1 aliphatic carbocycles. The van der Waals surface area contributed by atoms with Crippen molar-refractivity contribution < 1.29 is 13.9 Å². The number of imidazole rings is 1. The van der Waals surface area contributed by atoms with Gasteiger partial charge in [0.2, 0.25) is 5.91 Å². The van der Waals surface area contributed by atoms with Gasteiger partial charge in [0.25, 0.3) is 0 Å². The van der Waals surface area contributed by atoms with Crippen LogP contribution in [0.5, 0.6) is 0 Å². The maximum atomic E-state index is 14.8. The average Bonchev–Trinajstić information content (AvgIpc) is 3.40. The number of hydrogen-bond acceptors (Lipinski definition) is 3. The van der Waals surface area contributed by atoms with Gasteiger partial charge in [-0.25, -0.2) is 9.37 Å². The summed E-state index contributed by atoms with van der Waals surface area (Å²) >= 11 is 0. The summed E-state index contributed by atoms with van der Waals surface area (Å²) in [5, 5.41) is 0. The van der Waals surface area contributed by atoms with Crippen molar-refractivity contribution in [3.8, 4) is 0 Å². The molecule has 0 spiro atoms. The van der Waals surface area contributed by atoms with Crippen LogP contribution in [0, 0.1) is 11.7 Å². The predicted octanol–water partition coefficient (Wildman–Crippen LogP) is 4.00. The van der Waals surface area contributed by atoms with E-state index in [2.05, 4.69) is 17.2 Å². The summed E-state index contributed by atoms with van der Waals surface area (Å²) in [4.78, 5) is 20.1. The van der Waals surface area contributed by atoms with E-state index < -0.39 is 5.41 Å². The molecule has 1 aliphatic heterocycles. The van der Waals surface area contributed by atoms with E-state index in [4.69, 9.17) is 4.74 Å². The van der Waals surface area contributed by atoms with Crippen LogP contribution in [0.25, 0.3) is 5.65 Å². The molecule has 1 saturated carbocycles. The molecule has 3 aromatic rings. The van der Waals surface area contributed by atoms with Crippen LogP contribution in [0.1, 0.15) is 36.8 Å². The zero-order valence-corrected chi connectivity index (χ0v) is 17.7. The second kappa shape index (κ2) is 8.42. The molecule has 1 aromatic carbocycles. The Hall–Kier alpha value is -2.73. The van der Waals surface area contributed by atoms with Gasteiger partial charge in [0.15, 0.2) is 0 Å². The van der Waals surface area contributed by atoms with Crippen molar-refractivity contribution in [2.45, 2.75) is 37.5 Å². The van der Waals surface area contributed by atoms with Gasteiger partial charge >= 0.3 is 0 Å². The molecular weight excluding hydrogens is 393 g/mol. The SMILES string of the molecule is O=C(N1CCOC[C@H](Cc2ccc3nccn3c2)C1)C1(c2ccccc2F)CCCC1. The Bertz CT molecular complexity index is 1070. The van der Waals surface area contributed by atoms with E-state index in [0.717, 1.165) is 24.9 Å². The van der Waals surface area contributed by atoms with E-state index in [1.54, 1.807) is 18.3 Å². The molecule has 0 radical (unpaired) electrons. The summed E-state index contributed by atoms with van der Waals surface area (Å²) < 4.78 is 22.6. The van der Waals surface area contributed by atoms with Crippen LogP contribution in [0.2, 0.25) is 0 Å². The molecule has 5 nitrogen and oxygen atoms in total. The van der Waals surface area contributed by atoms with Gasteiger partial charge in [-0.15, -0.1) is 0 Å². The van der Waals surface area contributed by atoms with Gasteiger partial charge in [-0.1, -0.05) is 37.1 Å². The summed E-state index contributed by atoms with van der Waals surface area (Å²) in [7, 11) is 0. The highest BCUT2D eigenvalue weighted by molar-refractivity contribution is 5.88. The van der Waals surface area contributed by atoms with Crippen molar-refractivity contribution in [2.75, 3.05) is 26.3 Å². The van der Waals surface area contributed by atoms with Gasteiger partial charge in [-0.2, -0.15) is 0 Å². The number of rotatable bonds is 4. The number of carbonyl (C=O) groups is 1. The molecule has 0 N–H and O–H groups in total. The third-order valence-electron chi connectivity index (χ3n) is 6.86. The van der Waals surface area contributed by atoms with E-state index in [0.29, 0.717) is 44.7 Å². The highest BCUT2D eigenvalue weighted by atomic mass is 19.1. The Balaban J connectivity index is 1.38. The Morgan fingerprint density at radius 1 is 1.19 bits per heavy atom. The van der Waals surface area contributed by atoms with Crippen LogP contribution in [0.3, 0.4) is 0 Å². The maximum Gasteiger partial charge on any atom is 0.233 e. The first-order valence-corrected chi connectivity index (χ1v) is 11.2. The maximum absolute atomic E-state index is 14.8. The molecule has 162 valence electrons. The second-order valence-corrected chi connectivity index (χ2v) is 8.90. The third kappa shape index (κ3) is 3.85. The minimum atomic E-state index is -0.740. The fourth-order valence-electron chi connectivity index (χ4n) is 5.34. The molecule has 3 heterocycles. The summed E-state index contributed by atoms with van der Waals surface area (Å²) in [6.07, 6.45) is 9.99. The predicted molar refractivity (Wildman–Crippen MR) is 116 cm³/mol. The number of amides is 1. The fourth-order valence-corrected chi connectivity index (χ4v) is 5.34. The van der Waals surface area contributed by atoms with E-state index in [1.165, 1.54) is 11.6 Å². The summed E-state index contributed by atoms with van der Waals surface area (Å²) in [6, 6.07) is 10.9. The number of hydrogen-bond donors (Lipinski definition) is 0. The molecule has 31 heavy (non-hydrogen) atoms. The Kier molecular flexibility index (Phi) is 5.48. The summed E-state index contributed by atoms with van der Waals surface area (Å²) in [6.45, 7) is 2.34. The number of nitrogens with zero attached hydrogens (tertiary/aromatic N) is 3. The van der Waals surface area contributed by atoms with Crippen LogP contribution >= 0.6 is 0 Å². The quantitative estimate of drug-likeness (QED) is 0.640. The van der Waals surface area contributed by atoms with Gasteiger partial charge in [0, 0.05) is 43.2 Å². The molecule has 2 fully saturated rings. The molecule has 5 rings (SSSR count). The molecule has 0 bridgehead atoms. The van der Waals surface area contributed by atoms with E-state index in [1.807, 2.05) is 27.6 Å². The molecule has 1 saturated heterocycles. The highest BCUT2D eigenvalue weighted by Gasteiger charge is 2.46. The topological polar surface area (TPSA) is 46.8 Å². The van der Waals surface area contributed by atoms with E-state index in [9.17, 15) is 9.18 Å². The molecule has 2 aromatic heterocycles. The van der Waals surface area contributed by atoms with Crippen molar-refractivity contribution in [1.29, 1.82) is 0 Å². The normalized spacial score (nSPS) is 21.3. The fraction of sp³-hybridized carbons (Fsp3) is 0.440. The number of halogens is 1. The van der Waals surface area contributed by atoms with Crippen LogP contribution in [-0.2, 0) is 21.4 Å². The number of aromatic nitrogens is 2. The van der Waals surface area contributed by atoms with Gasteiger partial charge in [-0.05, 0) is 37.0 Å². The van der Waals surface area contributed by atoms with Crippen LogP contribution in [0.4, 0.5) is 4.39 Å². The van der Waals surface area contributed by atoms with Crippen LogP contribution in [-0.4, -0.2) is 46.5 Å². The van der Waals surface area contributed by atoms with Crippen molar-refractivity contribution >= 4 is 11.6 Å². The highest BCUT2D eigenvalue weighted by Crippen LogP contribution is 2.44. The lowest BCUT2D eigenvalue weighted by Gasteiger charge is -2.35. The van der Waals surface area contributed by atoms with Gasteiger partial charge in [0.1, 0.15) is 11.5 Å². The smallest absolute Gasteiger partial charge is 0.233 e. The first kappa shape index (κ1) is 20.2. The van der Waals surface area contributed by atoms with Gasteiger partial charge in [0.05, 0.1) is 18.6 Å². The number of fused-ring (bicyclic) bond motifs is 1. The monoisotopic (exact) mass is 421 g/mol. The summed E-state index contributed by atoms with van der Waals surface area (Å²) in [5.41, 5.74) is 1.93. The van der Waals surface area contributed by atoms with Crippen molar-refractivity contribution in [3.05, 3.63) is 71.9 Å². The first-order valence-electron chi connectivity index (χ1n) is 11.2. The number of carbonyl (C=O) groups excluding carboxylic acids is 1. The minimum absolute atomic E-state index is 0.0654. The first-order chi connectivity index (χ1) is 15.2. The average molecular weight is 422 g/mol. The molecule has 1 atom stereocenters. The Morgan fingerprint density at radius 2 is 2.03 bits per heavy atom. The van der Waals surface area contributed by atoms with Crippen LogP contribution in [0.15, 0.2) is 55.0 Å². The van der Waals surface area contributed by atoms with Crippen molar-refractivity contribution in [1.82, 2.24) is 14.3 Å². The Labute approximate surface area is 181 Å². The second-order valence-electron chi connectivity index (χ2n) is 8.90. The molecule has 2 aliphatic rings. The van der Waals surface area contributed by atoms with Gasteiger partial charge in [-0.3, -0.25) is 4.79 Å². The zero-order chi connectivity index (χ0) is 21.3. The van der Waals surface area contributed by atoms with Crippen LogP contribution < -0.4 is 0 Å². The van der Waals surface area contributed by atoms with Crippen molar-refractivity contribution in [2.24, 2.45) is 5.92 Å². The number of benzene rings is 1. The van der Waals surface area contributed by atoms with Crippen molar-refractivity contribution in [3.63, 3.8) is 0 Å². The molecule has 0 unspecified atom stereocenters. The van der Waals surface area contributed by atoms with Gasteiger partial charge < -0.3 is 14.0 Å². The number of ether oxygens (including phenoxy) is 1. The lowest BCUT2D eigenvalue weighted by atomic mass is 9.77. The number of pyridine rings is 1. The standard InChI is InChI=1S/C25H28FN3O2/c26-22-6-2-1-5-21(22)25(9-3-4-10-25)24(30)29-13-14-31-18-20(17-29)15-19-7-8-23-27-11-12-28(23)16-19/h1-2,5-8,11-12,16,20H,3-4,9-10,13-15,17-18H2/t20-/m1/s1. The Morgan fingerprint density at radius 3 is 2.87 bits per heavy atom. The minimum Gasteiger partial charge on any atom is -0.379 e. The molecule has 6 heteroatoms. The molecular formula is C25H28FN3O2. The lowest BCUT2D eigenvalue weighted by Crippen LogP contribution is -2.48. The molecule has 1 amide bonds. The zero-order valence-electron chi connectivity index (χ0n) is 17.7. The third-order valence-corrected chi connectivity index (χ3v) is 6.86. The summed E-state index contributed by atoms with van der Waals surface area (Å²) in [5.74, 6) is -0.00355. The lowest BCUT2D eigenvalue weighted by molar-refractivity contribution is -0.138.